The number of alkyl halides is 3. The molecule has 0 aliphatic rings. The number of aromatic nitrogens is 2. The van der Waals surface area contributed by atoms with Crippen LogP contribution in [0.25, 0.3) is 10.9 Å². The van der Waals surface area contributed by atoms with Crippen LogP contribution in [0.3, 0.4) is 0 Å². The second-order valence-electron chi connectivity index (χ2n) is 2.91. The quantitative estimate of drug-likeness (QED) is 0.673. The fraction of sp³-hybridized carbons (Fsp3) is 0.111. The van der Waals surface area contributed by atoms with Crippen molar-refractivity contribution in [1.29, 1.82) is 0 Å². The third-order valence-corrected chi connectivity index (χ3v) is 1.86. The fourth-order valence-electron chi connectivity index (χ4n) is 1.20. The third-order valence-electron chi connectivity index (χ3n) is 1.86. The average molecular weight is 212 g/mol. The van der Waals surface area contributed by atoms with E-state index in [1.807, 2.05) is 0 Å². The number of nitrogens with zero attached hydrogens (tertiary/aromatic N) is 2. The summed E-state index contributed by atoms with van der Waals surface area (Å²) in [5.74, 6) is -1.68. The van der Waals surface area contributed by atoms with Gasteiger partial charge in [-0.05, 0) is 12.1 Å². The lowest BCUT2D eigenvalue weighted by Crippen LogP contribution is -2.11. The Labute approximate surface area is 82.8 Å². The molecule has 0 aliphatic heterocycles. The summed E-state index contributed by atoms with van der Waals surface area (Å²) in [7, 11) is 0. The smallest absolute Gasteiger partial charge is 0.282 e. The first-order valence-corrected chi connectivity index (χ1v) is 4.04. The molecule has 3 nitrogen and oxygen atoms in total. The van der Waals surface area contributed by atoms with Crippen LogP contribution in [-0.4, -0.2) is 9.97 Å². The number of rotatable bonds is 0. The van der Waals surface area contributed by atoms with E-state index in [9.17, 15) is 13.2 Å². The lowest BCUT2D eigenvalue weighted by Gasteiger charge is -2.06. The zero-order valence-electron chi connectivity index (χ0n) is 7.34. The molecule has 6 heteroatoms. The maximum Gasteiger partial charge on any atom is 0.451 e. The molecule has 1 aromatic heterocycles. The third kappa shape index (κ3) is 1.70. The largest absolute Gasteiger partial charge is 0.451 e. The Morgan fingerprint density at radius 1 is 1.07 bits per heavy atom. The Balaban J connectivity index is 2.73. The molecule has 2 aromatic rings. The van der Waals surface area contributed by atoms with E-state index in [0.717, 1.165) is 0 Å². The van der Waals surface area contributed by atoms with E-state index in [1.165, 1.54) is 12.1 Å². The van der Waals surface area contributed by atoms with Crippen LogP contribution in [0.15, 0.2) is 24.3 Å². The Hall–Kier alpha value is -1.85. The van der Waals surface area contributed by atoms with Crippen LogP contribution in [-0.2, 0) is 6.18 Å². The van der Waals surface area contributed by atoms with Gasteiger partial charge in [0, 0.05) is 5.39 Å². The first-order valence-electron chi connectivity index (χ1n) is 4.04. The number of nitrogens with one attached hydrogen (secondary N) is 1. The minimum Gasteiger partial charge on any atom is -0.282 e. The molecule has 0 saturated carbocycles. The normalized spacial score (nSPS) is 11.9. The van der Waals surface area contributed by atoms with Crippen LogP contribution in [0.4, 0.5) is 19.0 Å². The van der Waals surface area contributed by atoms with Crippen molar-refractivity contribution < 1.29 is 13.2 Å². The molecule has 1 radical (unpaired) electrons. The highest BCUT2D eigenvalue weighted by Crippen LogP contribution is 2.29. The zero-order chi connectivity index (χ0) is 11.1. The summed E-state index contributed by atoms with van der Waals surface area (Å²) in [5.41, 5.74) is 7.46. The molecule has 77 valence electrons. The summed E-state index contributed by atoms with van der Waals surface area (Å²) in [6.45, 7) is 0. The number of fused-ring (bicyclic) bond motifs is 1. The summed E-state index contributed by atoms with van der Waals surface area (Å²) in [4.78, 5) is 6.45. The Morgan fingerprint density at radius 3 is 2.40 bits per heavy atom. The van der Waals surface area contributed by atoms with Gasteiger partial charge in [0.15, 0.2) is 5.82 Å². The predicted octanol–water partition coefficient (Wildman–Crippen LogP) is 2.56. The topological polar surface area (TPSA) is 49.6 Å². The van der Waals surface area contributed by atoms with Gasteiger partial charge in [0.2, 0.25) is 5.82 Å². The van der Waals surface area contributed by atoms with E-state index in [1.54, 1.807) is 12.1 Å². The van der Waals surface area contributed by atoms with Crippen molar-refractivity contribution >= 4 is 16.7 Å². The number of para-hydroxylation sites is 1. The number of halogens is 3. The number of hydrogen-bond acceptors (Lipinski definition) is 2. The molecule has 0 fully saturated rings. The van der Waals surface area contributed by atoms with Crippen LogP contribution in [0.2, 0.25) is 0 Å². The van der Waals surface area contributed by atoms with E-state index < -0.39 is 17.8 Å². The van der Waals surface area contributed by atoms with Crippen LogP contribution in [0.1, 0.15) is 5.82 Å². The molecular weight excluding hydrogens is 207 g/mol. The summed E-state index contributed by atoms with van der Waals surface area (Å²) in [6, 6.07) is 6.12. The standard InChI is InChI=1S/C9H5F3N3/c10-9(11,12)8-14-6-4-2-1-3-5(6)7(13)15-8/h1-4,13H. The Kier molecular flexibility index (Phi) is 1.99. The molecule has 1 N–H and O–H groups in total. The van der Waals surface area contributed by atoms with Gasteiger partial charge >= 0.3 is 6.18 Å². The Bertz CT molecular complexity index is 507. The van der Waals surface area contributed by atoms with Gasteiger partial charge in [-0.3, -0.25) is 5.73 Å². The molecule has 0 atom stereocenters. The molecule has 0 bridgehead atoms. The first kappa shape index (κ1) is 9.70. The van der Waals surface area contributed by atoms with Crippen molar-refractivity contribution in [3.63, 3.8) is 0 Å². The molecule has 2 rings (SSSR count). The second-order valence-corrected chi connectivity index (χ2v) is 2.91. The molecule has 1 heterocycles. The minimum atomic E-state index is -4.61. The minimum absolute atomic E-state index is 0.129. The lowest BCUT2D eigenvalue weighted by atomic mass is 10.2. The van der Waals surface area contributed by atoms with Crippen molar-refractivity contribution in [3.8, 4) is 0 Å². The molecule has 0 amide bonds. The van der Waals surface area contributed by atoms with Crippen molar-refractivity contribution in [2.24, 2.45) is 0 Å². The number of hydrogen-bond donors (Lipinski definition) is 0. The van der Waals surface area contributed by atoms with Gasteiger partial charge in [0.25, 0.3) is 0 Å². The molecule has 15 heavy (non-hydrogen) atoms. The molecular formula is C9H5F3N3. The highest BCUT2D eigenvalue weighted by atomic mass is 19.4. The highest BCUT2D eigenvalue weighted by Gasteiger charge is 2.35. The Morgan fingerprint density at radius 2 is 1.73 bits per heavy atom. The monoisotopic (exact) mass is 212 g/mol. The highest BCUT2D eigenvalue weighted by molar-refractivity contribution is 5.86. The van der Waals surface area contributed by atoms with Gasteiger partial charge in [-0.25, -0.2) is 9.97 Å². The SMILES string of the molecule is [NH]c1nc(C(F)(F)F)nc2ccccc12. The van der Waals surface area contributed by atoms with Crippen molar-refractivity contribution in [1.82, 2.24) is 15.7 Å². The van der Waals surface area contributed by atoms with Gasteiger partial charge in [-0.2, -0.15) is 13.2 Å². The second kappa shape index (κ2) is 3.08. The zero-order valence-corrected chi connectivity index (χ0v) is 7.34. The van der Waals surface area contributed by atoms with E-state index in [2.05, 4.69) is 9.97 Å². The summed E-state index contributed by atoms with van der Waals surface area (Å²) < 4.78 is 36.9. The van der Waals surface area contributed by atoms with Crippen LogP contribution in [0.5, 0.6) is 0 Å². The van der Waals surface area contributed by atoms with Crippen LogP contribution < -0.4 is 5.73 Å². The molecule has 1 aromatic carbocycles. The molecule has 0 unspecified atom stereocenters. The van der Waals surface area contributed by atoms with Crippen molar-refractivity contribution in [2.75, 3.05) is 0 Å². The fourth-order valence-corrected chi connectivity index (χ4v) is 1.20. The predicted molar refractivity (Wildman–Crippen MR) is 47.3 cm³/mol. The van der Waals surface area contributed by atoms with E-state index in [-0.39, 0.29) is 5.52 Å². The number of benzene rings is 1. The molecule has 0 spiro atoms. The molecule has 0 saturated heterocycles. The first-order chi connectivity index (χ1) is 6.98. The van der Waals surface area contributed by atoms with E-state index in [0.29, 0.717) is 5.39 Å². The van der Waals surface area contributed by atoms with Gasteiger partial charge in [0.1, 0.15) is 0 Å². The van der Waals surface area contributed by atoms with Gasteiger partial charge in [-0.15, -0.1) is 0 Å². The maximum atomic E-state index is 12.3. The van der Waals surface area contributed by atoms with Gasteiger partial charge in [-0.1, -0.05) is 12.1 Å². The van der Waals surface area contributed by atoms with Crippen molar-refractivity contribution in [3.05, 3.63) is 30.1 Å². The van der Waals surface area contributed by atoms with Gasteiger partial charge in [0.05, 0.1) is 5.52 Å². The summed E-state index contributed by atoms with van der Waals surface area (Å²) in [6.07, 6.45) is -4.61. The lowest BCUT2D eigenvalue weighted by molar-refractivity contribution is -0.144. The van der Waals surface area contributed by atoms with E-state index in [4.69, 9.17) is 5.73 Å². The maximum absolute atomic E-state index is 12.3. The summed E-state index contributed by atoms with van der Waals surface area (Å²) >= 11 is 0. The average Bonchev–Trinajstić information content (AvgIpc) is 2.16. The molecule has 0 aliphatic carbocycles. The van der Waals surface area contributed by atoms with Crippen LogP contribution >= 0.6 is 0 Å². The van der Waals surface area contributed by atoms with Gasteiger partial charge < -0.3 is 0 Å². The van der Waals surface area contributed by atoms with Crippen molar-refractivity contribution in [2.45, 2.75) is 6.18 Å². The van der Waals surface area contributed by atoms with E-state index >= 15 is 0 Å². The van der Waals surface area contributed by atoms with Crippen LogP contribution in [0, 0.1) is 0 Å². The summed E-state index contributed by atoms with van der Waals surface area (Å²) in [5, 5.41) is 0.311.